The van der Waals surface area contributed by atoms with Crippen molar-refractivity contribution >= 4 is 228 Å². The van der Waals surface area contributed by atoms with Gasteiger partial charge in [-0.05, 0) is 156 Å². The molecule has 0 spiro atoms. The van der Waals surface area contributed by atoms with Gasteiger partial charge in [-0.15, -0.1) is 90.7 Å². The molecule has 0 radical (unpaired) electrons. The molecule has 0 bridgehead atoms. The van der Waals surface area contributed by atoms with Gasteiger partial charge in [-0.2, -0.15) is 0 Å². The van der Waals surface area contributed by atoms with Gasteiger partial charge in [0.25, 0.3) is 11.8 Å². The summed E-state index contributed by atoms with van der Waals surface area (Å²) >= 11 is 30.8. The average molecular weight is 1640 g/mol. The van der Waals surface area contributed by atoms with Crippen molar-refractivity contribution in [3.63, 3.8) is 0 Å². The summed E-state index contributed by atoms with van der Waals surface area (Å²) in [6.07, 6.45) is 37.9. The highest BCUT2D eigenvalue weighted by atomic mass is 32.2. The molecule has 18 heteroatoms. The summed E-state index contributed by atoms with van der Waals surface area (Å²) in [6, 6.07) is 31.1. The van der Waals surface area contributed by atoms with E-state index in [1.165, 1.54) is 301 Å². The SMILES string of the molecule is CCCCCCCC[Si]1(CCCCCCCC)c2cc(/C=C3/SC(=S)N(CC)C3=O)sc2-c2sc(-c3cc4c(-c5ccc(CC(C)C)s5)c5sc(-c6cc7c(s6)-c6sc(/C=C8/SC(=S)N(CC)C8=O)cc6[Si]7(CCCCCCCC)CCCCCCCC)cc5c(-c5ccc(CC(C)C)s5)c4s3)cc21. The fourth-order valence-electron chi connectivity index (χ4n) is 16.9. The Labute approximate surface area is 675 Å². The number of nitrogens with zero attached hydrogens (tertiary/aromatic N) is 2. The van der Waals surface area contributed by atoms with Crippen molar-refractivity contribution in [2.45, 2.75) is 260 Å². The van der Waals surface area contributed by atoms with Gasteiger partial charge in [0.2, 0.25) is 0 Å². The molecule has 0 N–H and O–H groups in total. The maximum absolute atomic E-state index is 13.9. The van der Waals surface area contributed by atoms with E-state index in [-0.39, 0.29) is 11.8 Å². The molecule has 4 nitrogen and oxygen atoms in total. The third kappa shape index (κ3) is 16.7. The van der Waals surface area contributed by atoms with Crippen molar-refractivity contribution in [1.82, 2.24) is 9.80 Å². The first-order valence-electron chi connectivity index (χ1n) is 39.9. The molecule has 2 amide bonds. The lowest BCUT2D eigenvalue weighted by Gasteiger charge is -2.29. The fraction of sp³-hybridized carbons (Fsp3) is 0.512. The summed E-state index contributed by atoms with van der Waals surface area (Å²) in [6.45, 7) is 24.1. The van der Waals surface area contributed by atoms with Gasteiger partial charge in [-0.1, -0.05) is 257 Å². The third-order valence-electron chi connectivity index (χ3n) is 22.2. The van der Waals surface area contributed by atoms with Crippen molar-refractivity contribution in [3.05, 3.63) is 90.0 Å². The number of fused-ring (bicyclic) bond motifs is 8. The van der Waals surface area contributed by atoms with E-state index >= 15 is 0 Å². The lowest BCUT2D eigenvalue weighted by molar-refractivity contribution is -0.122. The Balaban J connectivity index is 0.984. The first-order chi connectivity index (χ1) is 50.5. The lowest BCUT2D eigenvalue weighted by atomic mass is 9.99. The number of carbonyl (C=O) groups excluding carboxylic acids is 2. The van der Waals surface area contributed by atoms with Gasteiger partial charge >= 0.3 is 0 Å². The normalized spacial score (nSPS) is 16.2. The quantitative estimate of drug-likeness (QED) is 0.0165. The highest BCUT2D eigenvalue weighted by molar-refractivity contribution is 8.27. The van der Waals surface area contributed by atoms with Crippen LogP contribution in [0.2, 0.25) is 24.2 Å². The van der Waals surface area contributed by atoms with E-state index in [0.29, 0.717) is 33.6 Å². The van der Waals surface area contributed by atoms with Gasteiger partial charge < -0.3 is 0 Å². The van der Waals surface area contributed by atoms with Crippen LogP contribution in [0.1, 0.15) is 243 Å². The molecule has 554 valence electrons. The molecule has 0 unspecified atom stereocenters. The standard InChI is InChI=1S/C86H108N2O2S12Si2/c1-11-17-21-25-29-33-41-103(42-34-30-26-22-18-12-2)71-49-59(47-69-83(89)87(15-5)85(91)101-69)95-79(71)81-73(103)53-67(99-81)65-51-61-75(63-39-37-57(93-63)45-55(7)8)78-62(76(77(61)97-65)64-40-38-58(94-64)46-56(9)10)52-66(98-78)68-54-74-82(100-68)80-72(50-60(96-80)48-70-84(90)88(16-6)86(92)102-70)104(74,43-35-31-27-23-19-13-3)44-36-32-28-24-20-14-4/h37-40,47-56H,11-36,41-46H2,1-10H3/b69-47+,70-48+. The molecule has 2 saturated heterocycles. The van der Waals surface area contributed by atoms with Crippen molar-refractivity contribution < 1.29 is 9.59 Å². The highest BCUT2D eigenvalue weighted by Crippen LogP contribution is 2.57. The molecular formula is C86H108N2O2S12Si2. The second kappa shape index (κ2) is 36.0. The van der Waals surface area contributed by atoms with E-state index in [9.17, 15) is 9.59 Å². The van der Waals surface area contributed by atoms with Gasteiger partial charge in [0.15, 0.2) is 0 Å². The van der Waals surface area contributed by atoms with E-state index in [0.717, 1.165) is 22.7 Å². The largest absolute Gasteiger partial charge is 0.293 e. The first-order valence-corrected chi connectivity index (χ1v) is 53.7. The number of thiophene rings is 8. The summed E-state index contributed by atoms with van der Waals surface area (Å²) in [5, 5.41) is 9.52. The van der Waals surface area contributed by atoms with Crippen LogP contribution in [0, 0.1) is 11.8 Å². The van der Waals surface area contributed by atoms with Gasteiger partial charge in [-0.25, -0.2) is 0 Å². The summed E-state index contributed by atoms with van der Waals surface area (Å²) in [7, 11) is -4.56. The van der Waals surface area contributed by atoms with Crippen LogP contribution in [0.15, 0.2) is 70.5 Å². The number of unbranched alkanes of at least 4 members (excludes halogenated alkanes) is 20. The Morgan fingerprint density at radius 2 is 0.692 bits per heavy atom. The van der Waals surface area contributed by atoms with E-state index in [4.69, 9.17) is 24.4 Å². The number of amides is 2. The van der Waals surface area contributed by atoms with Crippen LogP contribution in [-0.4, -0.2) is 59.5 Å². The Hall–Kier alpha value is -2.93. The second-order valence-corrected chi connectivity index (χ2v) is 51.3. The molecule has 1 aromatic carbocycles. The van der Waals surface area contributed by atoms with Crippen LogP contribution in [0.5, 0.6) is 0 Å². The molecule has 4 aliphatic rings. The molecule has 0 saturated carbocycles. The number of rotatable bonds is 40. The fourth-order valence-corrected chi connectivity index (χ4v) is 43.9. The zero-order chi connectivity index (χ0) is 72.8. The number of hydrogen-bond acceptors (Lipinski definition) is 14. The van der Waals surface area contributed by atoms with Crippen molar-refractivity contribution in [3.8, 4) is 59.9 Å². The number of carbonyl (C=O) groups is 2. The van der Waals surface area contributed by atoms with Crippen LogP contribution < -0.4 is 20.7 Å². The number of thioether (sulfide) groups is 2. The van der Waals surface area contributed by atoms with Gasteiger partial charge in [-0.3, -0.25) is 19.4 Å². The van der Waals surface area contributed by atoms with Crippen molar-refractivity contribution in [2.75, 3.05) is 13.1 Å². The zero-order valence-corrected chi connectivity index (χ0v) is 75.1. The van der Waals surface area contributed by atoms with Crippen LogP contribution in [-0.2, 0) is 22.4 Å². The molecule has 0 aliphatic carbocycles. The monoisotopic (exact) mass is 1640 g/mol. The zero-order valence-electron chi connectivity index (χ0n) is 63.3. The minimum Gasteiger partial charge on any atom is -0.293 e. The van der Waals surface area contributed by atoms with Gasteiger partial charge in [0, 0.05) is 113 Å². The van der Waals surface area contributed by atoms with E-state index in [2.05, 4.69) is 174 Å². The molecular weight excluding hydrogens is 1530 g/mol. The Morgan fingerprint density at radius 1 is 0.375 bits per heavy atom. The van der Waals surface area contributed by atoms with Crippen molar-refractivity contribution in [2.24, 2.45) is 11.8 Å². The molecule has 8 aromatic heterocycles. The minimum absolute atomic E-state index is 0.0557. The van der Waals surface area contributed by atoms with E-state index in [1.54, 1.807) is 30.5 Å². The molecule has 13 rings (SSSR count). The third-order valence-corrected chi connectivity index (χ3v) is 45.9. The van der Waals surface area contributed by atoms with Gasteiger partial charge in [0.1, 0.15) is 24.8 Å². The molecule has 12 heterocycles. The van der Waals surface area contributed by atoms with Crippen LogP contribution in [0.4, 0.5) is 0 Å². The summed E-state index contributed by atoms with van der Waals surface area (Å²) in [5.41, 5.74) is 2.85. The molecule has 0 atom stereocenters. The Kier molecular flexibility index (Phi) is 27.4. The number of likely N-dealkylation sites (N-methyl/N-ethyl adjacent to an activating group) is 2. The summed E-state index contributed by atoms with van der Waals surface area (Å²) < 4.78 is 4.20. The number of benzene rings is 1. The predicted octanol–water partition coefficient (Wildman–Crippen LogP) is 28.5. The minimum atomic E-state index is -2.28. The second-order valence-electron chi connectivity index (χ2n) is 30.8. The number of thiocarbonyl (C=S) groups is 2. The lowest BCUT2D eigenvalue weighted by Crippen LogP contribution is -2.54. The first kappa shape index (κ1) is 79.2. The maximum Gasteiger partial charge on any atom is 0.266 e. The van der Waals surface area contributed by atoms with E-state index in [1.807, 2.05) is 59.2 Å². The van der Waals surface area contributed by atoms with Crippen LogP contribution in [0.3, 0.4) is 0 Å². The summed E-state index contributed by atoms with van der Waals surface area (Å²) in [4.78, 5) is 52.6. The Morgan fingerprint density at radius 3 is 1.02 bits per heavy atom. The molecule has 104 heavy (non-hydrogen) atoms. The highest BCUT2D eigenvalue weighted by Gasteiger charge is 2.50. The summed E-state index contributed by atoms with van der Waals surface area (Å²) in [5.74, 6) is 1.24. The smallest absolute Gasteiger partial charge is 0.266 e. The van der Waals surface area contributed by atoms with Crippen LogP contribution >= 0.6 is 139 Å². The predicted molar refractivity (Wildman–Crippen MR) is 488 cm³/mol. The van der Waals surface area contributed by atoms with Gasteiger partial charge in [0.05, 0.1) is 9.81 Å². The number of hydrogen-bond donors (Lipinski definition) is 0. The van der Waals surface area contributed by atoms with Crippen LogP contribution in [0.25, 0.3) is 92.2 Å². The topological polar surface area (TPSA) is 40.6 Å². The van der Waals surface area contributed by atoms with E-state index < -0.39 is 16.1 Å². The molecule has 9 aromatic rings. The van der Waals surface area contributed by atoms with Crippen molar-refractivity contribution in [1.29, 1.82) is 0 Å². The molecule has 2 fully saturated rings. The Bertz CT molecular complexity index is 4230. The molecule has 4 aliphatic heterocycles. The average Bonchev–Trinajstić information content (AvgIpc) is 1.55. The maximum atomic E-state index is 13.9.